The van der Waals surface area contributed by atoms with E-state index in [9.17, 15) is 0 Å². The van der Waals surface area contributed by atoms with Gasteiger partial charge >= 0.3 is 0 Å². The lowest BCUT2D eigenvalue weighted by molar-refractivity contribution is 0.0698. The highest BCUT2D eigenvalue weighted by Crippen LogP contribution is 2.14. The van der Waals surface area contributed by atoms with E-state index in [0.29, 0.717) is 6.04 Å². The van der Waals surface area contributed by atoms with Crippen molar-refractivity contribution in [1.29, 1.82) is 0 Å². The number of hydrogen-bond acceptors (Lipinski definition) is 4. The molecule has 1 aromatic heterocycles. The first-order valence-electron chi connectivity index (χ1n) is 6.10. The van der Waals surface area contributed by atoms with Crippen molar-refractivity contribution >= 4 is 0 Å². The SMILES string of the molecule is COc1cc(C)nc(CNC2CCCOC2)c1. The zero-order valence-electron chi connectivity index (χ0n) is 10.5. The van der Waals surface area contributed by atoms with Gasteiger partial charge in [-0.1, -0.05) is 0 Å². The van der Waals surface area contributed by atoms with Crippen LogP contribution in [0.15, 0.2) is 12.1 Å². The second kappa shape index (κ2) is 5.98. The molecule has 4 nitrogen and oxygen atoms in total. The van der Waals surface area contributed by atoms with E-state index in [4.69, 9.17) is 9.47 Å². The Kier molecular flexibility index (Phi) is 4.34. The van der Waals surface area contributed by atoms with E-state index in [0.717, 1.165) is 43.3 Å². The van der Waals surface area contributed by atoms with Gasteiger partial charge in [0, 0.05) is 37.0 Å². The summed E-state index contributed by atoms with van der Waals surface area (Å²) in [5, 5.41) is 3.47. The highest BCUT2D eigenvalue weighted by Gasteiger charge is 2.13. The van der Waals surface area contributed by atoms with Gasteiger partial charge in [-0.15, -0.1) is 0 Å². The summed E-state index contributed by atoms with van der Waals surface area (Å²) in [6.45, 7) is 4.46. The number of rotatable bonds is 4. The number of aryl methyl sites for hydroxylation is 1. The molecule has 17 heavy (non-hydrogen) atoms. The fourth-order valence-electron chi connectivity index (χ4n) is 2.06. The Hall–Kier alpha value is -1.13. The molecule has 1 aromatic rings. The molecule has 1 atom stereocenters. The number of methoxy groups -OCH3 is 1. The highest BCUT2D eigenvalue weighted by atomic mass is 16.5. The lowest BCUT2D eigenvalue weighted by atomic mass is 10.1. The topological polar surface area (TPSA) is 43.4 Å². The van der Waals surface area contributed by atoms with E-state index >= 15 is 0 Å². The van der Waals surface area contributed by atoms with Gasteiger partial charge in [0.15, 0.2) is 0 Å². The second-order valence-electron chi connectivity index (χ2n) is 4.43. The molecule has 1 N–H and O–H groups in total. The third-order valence-electron chi connectivity index (χ3n) is 2.95. The normalized spacial score (nSPS) is 20.2. The Morgan fingerprint density at radius 3 is 3.12 bits per heavy atom. The molecule has 4 heteroatoms. The summed E-state index contributed by atoms with van der Waals surface area (Å²) in [5.41, 5.74) is 2.01. The van der Waals surface area contributed by atoms with Crippen molar-refractivity contribution in [2.45, 2.75) is 32.4 Å². The molecule has 1 saturated heterocycles. The summed E-state index contributed by atoms with van der Waals surface area (Å²) in [6, 6.07) is 4.37. The Bertz CT molecular complexity index is 362. The van der Waals surface area contributed by atoms with Crippen LogP contribution in [0.5, 0.6) is 5.75 Å². The van der Waals surface area contributed by atoms with Crippen LogP contribution in [0.2, 0.25) is 0 Å². The van der Waals surface area contributed by atoms with Crippen molar-refractivity contribution in [3.63, 3.8) is 0 Å². The molecule has 0 amide bonds. The minimum Gasteiger partial charge on any atom is -0.497 e. The number of hydrogen-bond donors (Lipinski definition) is 1. The van der Waals surface area contributed by atoms with Crippen molar-refractivity contribution in [3.8, 4) is 5.75 Å². The summed E-state index contributed by atoms with van der Waals surface area (Å²) < 4.78 is 10.7. The van der Waals surface area contributed by atoms with Crippen LogP contribution in [0.25, 0.3) is 0 Å². The van der Waals surface area contributed by atoms with Crippen LogP contribution < -0.4 is 10.1 Å². The van der Waals surface area contributed by atoms with Gasteiger partial charge in [-0.3, -0.25) is 4.98 Å². The fourth-order valence-corrected chi connectivity index (χ4v) is 2.06. The molecule has 0 aliphatic carbocycles. The number of nitrogens with zero attached hydrogens (tertiary/aromatic N) is 1. The van der Waals surface area contributed by atoms with Crippen LogP contribution in [-0.4, -0.2) is 31.3 Å². The fraction of sp³-hybridized carbons (Fsp3) is 0.615. The lowest BCUT2D eigenvalue weighted by Crippen LogP contribution is -2.36. The maximum Gasteiger partial charge on any atom is 0.122 e. The summed E-state index contributed by atoms with van der Waals surface area (Å²) >= 11 is 0. The van der Waals surface area contributed by atoms with Crippen LogP contribution in [0.3, 0.4) is 0 Å². The first kappa shape index (κ1) is 12.3. The molecule has 1 fully saturated rings. The Morgan fingerprint density at radius 1 is 1.53 bits per heavy atom. The highest BCUT2D eigenvalue weighted by molar-refractivity contribution is 5.26. The first-order chi connectivity index (χ1) is 8.28. The zero-order valence-corrected chi connectivity index (χ0v) is 10.5. The maximum atomic E-state index is 5.43. The standard InChI is InChI=1S/C13H20N2O2/c1-10-6-13(16-2)7-12(15-10)8-14-11-4-3-5-17-9-11/h6-7,11,14H,3-5,8-9H2,1-2H3. The van der Waals surface area contributed by atoms with Gasteiger partial charge in [-0.05, 0) is 19.8 Å². The largest absolute Gasteiger partial charge is 0.497 e. The number of ether oxygens (including phenoxy) is 2. The molecule has 1 aliphatic heterocycles. The Labute approximate surface area is 102 Å². The molecule has 0 saturated carbocycles. The van der Waals surface area contributed by atoms with Crippen LogP contribution in [-0.2, 0) is 11.3 Å². The van der Waals surface area contributed by atoms with Gasteiger partial charge in [0.1, 0.15) is 5.75 Å². The summed E-state index contributed by atoms with van der Waals surface area (Å²) in [7, 11) is 1.68. The van der Waals surface area contributed by atoms with Gasteiger partial charge in [0.05, 0.1) is 19.4 Å². The molecule has 1 unspecified atom stereocenters. The molecular formula is C13H20N2O2. The minimum absolute atomic E-state index is 0.456. The van der Waals surface area contributed by atoms with Crippen molar-refractivity contribution < 1.29 is 9.47 Å². The zero-order chi connectivity index (χ0) is 12.1. The first-order valence-corrected chi connectivity index (χ1v) is 6.10. The van der Waals surface area contributed by atoms with Crippen molar-refractivity contribution in [1.82, 2.24) is 10.3 Å². The number of aromatic nitrogens is 1. The quantitative estimate of drug-likeness (QED) is 0.863. The maximum absolute atomic E-state index is 5.43. The molecule has 2 heterocycles. The third-order valence-corrected chi connectivity index (χ3v) is 2.95. The van der Waals surface area contributed by atoms with E-state index in [1.165, 1.54) is 6.42 Å². The molecule has 1 aliphatic rings. The summed E-state index contributed by atoms with van der Waals surface area (Å²) in [4.78, 5) is 4.48. The van der Waals surface area contributed by atoms with Crippen molar-refractivity contribution in [2.24, 2.45) is 0 Å². The Balaban J connectivity index is 1.91. The average Bonchev–Trinajstić information content (AvgIpc) is 2.37. The van der Waals surface area contributed by atoms with Gasteiger partial charge < -0.3 is 14.8 Å². The third kappa shape index (κ3) is 3.68. The molecular weight excluding hydrogens is 216 g/mol. The van der Waals surface area contributed by atoms with Gasteiger partial charge in [0.2, 0.25) is 0 Å². The molecule has 94 valence electrons. The van der Waals surface area contributed by atoms with Crippen LogP contribution in [0, 0.1) is 6.92 Å². The van der Waals surface area contributed by atoms with E-state index in [2.05, 4.69) is 10.3 Å². The number of nitrogens with one attached hydrogen (secondary N) is 1. The predicted molar refractivity (Wildman–Crippen MR) is 66.2 cm³/mol. The smallest absolute Gasteiger partial charge is 0.122 e. The van der Waals surface area contributed by atoms with Gasteiger partial charge in [0.25, 0.3) is 0 Å². The van der Waals surface area contributed by atoms with E-state index in [-0.39, 0.29) is 0 Å². The Morgan fingerprint density at radius 2 is 2.41 bits per heavy atom. The van der Waals surface area contributed by atoms with Crippen molar-refractivity contribution in [2.75, 3.05) is 20.3 Å². The van der Waals surface area contributed by atoms with Crippen LogP contribution >= 0.6 is 0 Å². The minimum atomic E-state index is 0.456. The van der Waals surface area contributed by atoms with Crippen LogP contribution in [0.4, 0.5) is 0 Å². The monoisotopic (exact) mass is 236 g/mol. The van der Waals surface area contributed by atoms with E-state index < -0.39 is 0 Å². The molecule has 0 aromatic carbocycles. The molecule has 0 spiro atoms. The summed E-state index contributed by atoms with van der Waals surface area (Å²) in [5.74, 6) is 0.870. The average molecular weight is 236 g/mol. The van der Waals surface area contributed by atoms with Gasteiger partial charge in [-0.2, -0.15) is 0 Å². The van der Waals surface area contributed by atoms with Crippen LogP contribution in [0.1, 0.15) is 24.2 Å². The predicted octanol–water partition coefficient (Wildman–Crippen LogP) is 1.67. The second-order valence-corrected chi connectivity index (χ2v) is 4.43. The van der Waals surface area contributed by atoms with Crippen molar-refractivity contribution in [3.05, 3.63) is 23.5 Å². The lowest BCUT2D eigenvalue weighted by Gasteiger charge is -2.23. The molecule has 2 rings (SSSR count). The molecule has 0 bridgehead atoms. The number of pyridine rings is 1. The molecule has 0 radical (unpaired) electrons. The van der Waals surface area contributed by atoms with Gasteiger partial charge in [-0.25, -0.2) is 0 Å². The van der Waals surface area contributed by atoms with E-state index in [1.807, 2.05) is 19.1 Å². The van der Waals surface area contributed by atoms with E-state index in [1.54, 1.807) is 7.11 Å². The summed E-state index contributed by atoms with van der Waals surface area (Å²) in [6.07, 6.45) is 2.32.